The molecule has 1 aromatic heterocycles. The molecular weight excluding hydrogens is 373 g/mol. The first-order chi connectivity index (χ1) is 9.96. The van der Waals surface area contributed by atoms with Crippen LogP contribution >= 0.6 is 22.6 Å². The first-order valence-electron chi connectivity index (χ1n) is 8.29. The van der Waals surface area contributed by atoms with Crippen molar-refractivity contribution in [1.82, 2.24) is 9.97 Å². The standard InChI is InChI=1S/C17H26IN3/c1-17(2)9-7-12(8-10-17)16-20-14(11-5-3-4-6-11)13(18)15(19)21-16/h11-12H,3-10H2,1-2H3,(H2,19,20,21). The molecule has 1 heterocycles. The number of nitrogens with two attached hydrogens (primary N) is 1. The minimum absolute atomic E-state index is 0.486. The Kier molecular flexibility index (Phi) is 4.44. The maximum absolute atomic E-state index is 6.19. The molecule has 0 spiro atoms. The van der Waals surface area contributed by atoms with Gasteiger partial charge < -0.3 is 5.73 Å². The summed E-state index contributed by atoms with van der Waals surface area (Å²) >= 11 is 2.34. The number of nitrogen functional groups attached to an aromatic ring is 1. The fourth-order valence-corrected chi connectivity index (χ4v) is 4.49. The molecule has 4 heteroatoms. The van der Waals surface area contributed by atoms with E-state index >= 15 is 0 Å². The molecule has 0 amide bonds. The summed E-state index contributed by atoms with van der Waals surface area (Å²) in [7, 11) is 0. The minimum Gasteiger partial charge on any atom is -0.383 e. The van der Waals surface area contributed by atoms with Gasteiger partial charge >= 0.3 is 0 Å². The van der Waals surface area contributed by atoms with Gasteiger partial charge in [-0.2, -0.15) is 0 Å². The maximum atomic E-state index is 6.19. The highest BCUT2D eigenvalue weighted by atomic mass is 127. The van der Waals surface area contributed by atoms with Crippen molar-refractivity contribution in [1.29, 1.82) is 0 Å². The third-order valence-electron chi connectivity index (χ3n) is 5.37. The van der Waals surface area contributed by atoms with Gasteiger partial charge in [-0.05, 0) is 66.5 Å². The SMILES string of the molecule is CC1(C)CCC(c2nc(N)c(I)c(C3CCCC3)n2)CC1. The van der Waals surface area contributed by atoms with Crippen LogP contribution in [-0.4, -0.2) is 9.97 Å². The first-order valence-corrected chi connectivity index (χ1v) is 9.37. The van der Waals surface area contributed by atoms with Crippen molar-refractivity contribution < 1.29 is 0 Å². The Morgan fingerprint density at radius 1 is 1.00 bits per heavy atom. The molecule has 2 aliphatic carbocycles. The zero-order valence-electron chi connectivity index (χ0n) is 13.2. The van der Waals surface area contributed by atoms with Crippen LogP contribution in [0.1, 0.15) is 88.6 Å². The summed E-state index contributed by atoms with van der Waals surface area (Å²) in [6.07, 6.45) is 10.1. The normalized spacial score (nSPS) is 23.6. The van der Waals surface area contributed by atoms with E-state index in [2.05, 4.69) is 41.4 Å². The van der Waals surface area contributed by atoms with Gasteiger partial charge in [0.05, 0.1) is 9.26 Å². The lowest BCUT2D eigenvalue weighted by Crippen LogP contribution is -2.22. The Morgan fingerprint density at radius 3 is 2.24 bits per heavy atom. The van der Waals surface area contributed by atoms with Crippen molar-refractivity contribution in [3.8, 4) is 0 Å². The van der Waals surface area contributed by atoms with Crippen LogP contribution in [0.4, 0.5) is 5.82 Å². The van der Waals surface area contributed by atoms with Crippen LogP contribution in [0.25, 0.3) is 0 Å². The fraction of sp³-hybridized carbons (Fsp3) is 0.765. The van der Waals surface area contributed by atoms with Gasteiger partial charge in [-0.15, -0.1) is 0 Å². The third-order valence-corrected chi connectivity index (χ3v) is 6.47. The number of hydrogen-bond acceptors (Lipinski definition) is 3. The molecule has 1 aromatic rings. The minimum atomic E-state index is 0.486. The summed E-state index contributed by atoms with van der Waals surface area (Å²) in [6, 6.07) is 0. The Labute approximate surface area is 141 Å². The zero-order valence-corrected chi connectivity index (χ0v) is 15.3. The number of hydrogen-bond donors (Lipinski definition) is 1. The van der Waals surface area contributed by atoms with E-state index in [-0.39, 0.29) is 0 Å². The van der Waals surface area contributed by atoms with Gasteiger partial charge in [0.1, 0.15) is 11.6 Å². The van der Waals surface area contributed by atoms with Gasteiger partial charge in [-0.25, -0.2) is 9.97 Å². The largest absolute Gasteiger partial charge is 0.383 e. The summed E-state index contributed by atoms with van der Waals surface area (Å²) in [6.45, 7) is 4.74. The second kappa shape index (κ2) is 6.01. The molecule has 116 valence electrons. The number of anilines is 1. The van der Waals surface area contributed by atoms with Gasteiger partial charge in [-0.3, -0.25) is 0 Å². The first kappa shape index (κ1) is 15.5. The second-order valence-corrected chi connectivity index (χ2v) is 8.66. The summed E-state index contributed by atoms with van der Waals surface area (Å²) in [4.78, 5) is 9.62. The highest BCUT2D eigenvalue weighted by Crippen LogP contribution is 2.43. The van der Waals surface area contributed by atoms with Gasteiger partial charge in [0.25, 0.3) is 0 Å². The highest BCUT2D eigenvalue weighted by molar-refractivity contribution is 14.1. The zero-order chi connectivity index (χ0) is 15.0. The van der Waals surface area contributed by atoms with E-state index in [1.54, 1.807) is 0 Å². The maximum Gasteiger partial charge on any atom is 0.140 e. The Hall–Kier alpha value is -0.390. The van der Waals surface area contributed by atoms with Crippen LogP contribution in [0.15, 0.2) is 0 Å². The molecule has 2 fully saturated rings. The molecule has 21 heavy (non-hydrogen) atoms. The van der Waals surface area contributed by atoms with Crippen molar-refractivity contribution >= 4 is 28.4 Å². The Balaban J connectivity index is 1.86. The lowest BCUT2D eigenvalue weighted by molar-refractivity contribution is 0.220. The molecule has 3 nitrogen and oxygen atoms in total. The van der Waals surface area contributed by atoms with Crippen molar-refractivity contribution in [2.75, 3.05) is 5.73 Å². The predicted molar refractivity (Wildman–Crippen MR) is 95.4 cm³/mol. The lowest BCUT2D eigenvalue weighted by Gasteiger charge is -2.33. The predicted octanol–water partition coefficient (Wildman–Crippen LogP) is 5.00. The number of halogens is 1. The van der Waals surface area contributed by atoms with Gasteiger partial charge in [0.2, 0.25) is 0 Å². The van der Waals surface area contributed by atoms with E-state index in [1.165, 1.54) is 57.1 Å². The van der Waals surface area contributed by atoms with E-state index < -0.39 is 0 Å². The van der Waals surface area contributed by atoms with Crippen molar-refractivity contribution in [3.63, 3.8) is 0 Å². The summed E-state index contributed by atoms with van der Waals surface area (Å²) in [5.41, 5.74) is 7.91. The molecule has 0 atom stereocenters. The number of rotatable bonds is 2. The van der Waals surface area contributed by atoms with Crippen molar-refractivity contribution in [2.24, 2.45) is 5.41 Å². The molecule has 2 N–H and O–H groups in total. The van der Waals surface area contributed by atoms with Crippen LogP contribution in [0, 0.1) is 8.99 Å². The van der Waals surface area contributed by atoms with E-state index in [0.717, 1.165) is 9.39 Å². The summed E-state index contributed by atoms with van der Waals surface area (Å²) < 4.78 is 1.10. The molecule has 0 saturated heterocycles. The smallest absolute Gasteiger partial charge is 0.140 e. The van der Waals surface area contributed by atoms with Crippen LogP contribution in [0.2, 0.25) is 0 Å². The molecule has 0 aromatic carbocycles. The average molecular weight is 399 g/mol. The molecule has 0 aliphatic heterocycles. The van der Waals surface area contributed by atoms with Crippen molar-refractivity contribution in [2.45, 2.75) is 77.0 Å². The van der Waals surface area contributed by atoms with Gasteiger partial charge in [0, 0.05) is 11.8 Å². The topological polar surface area (TPSA) is 51.8 Å². The van der Waals surface area contributed by atoms with E-state index in [0.29, 0.717) is 23.1 Å². The molecule has 0 radical (unpaired) electrons. The van der Waals surface area contributed by atoms with E-state index in [4.69, 9.17) is 10.7 Å². The van der Waals surface area contributed by atoms with Gasteiger partial charge in [0.15, 0.2) is 0 Å². The molecule has 0 unspecified atom stereocenters. The fourth-order valence-electron chi connectivity index (χ4n) is 3.81. The van der Waals surface area contributed by atoms with E-state index in [9.17, 15) is 0 Å². The molecular formula is C17H26IN3. The van der Waals surface area contributed by atoms with Crippen LogP contribution in [0.5, 0.6) is 0 Å². The summed E-state index contributed by atoms with van der Waals surface area (Å²) in [5, 5.41) is 0. The Bertz CT molecular complexity index is 511. The quantitative estimate of drug-likeness (QED) is 0.712. The Morgan fingerprint density at radius 2 is 1.62 bits per heavy atom. The van der Waals surface area contributed by atoms with Crippen molar-refractivity contribution in [3.05, 3.63) is 15.1 Å². The third kappa shape index (κ3) is 3.35. The second-order valence-electron chi connectivity index (χ2n) is 7.59. The van der Waals surface area contributed by atoms with Gasteiger partial charge in [-0.1, -0.05) is 26.7 Å². The number of aromatic nitrogens is 2. The lowest BCUT2D eigenvalue weighted by atomic mass is 9.73. The van der Waals surface area contributed by atoms with Crippen LogP contribution < -0.4 is 5.73 Å². The van der Waals surface area contributed by atoms with Crippen LogP contribution in [0.3, 0.4) is 0 Å². The monoisotopic (exact) mass is 399 g/mol. The molecule has 2 aliphatic rings. The van der Waals surface area contributed by atoms with Crippen LogP contribution in [-0.2, 0) is 0 Å². The molecule has 3 rings (SSSR count). The summed E-state index contributed by atoms with van der Waals surface area (Å²) in [5.74, 6) is 2.84. The molecule has 0 bridgehead atoms. The van der Waals surface area contributed by atoms with E-state index in [1.807, 2.05) is 0 Å². The molecule has 2 saturated carbocycles. The highest BCUT2D eigenvalue weighted by Gasteiger charge is 2.31. The average Bonchev–Trinajstić information content (AvgIpc) is 2.95. The number of nitrogens with zero attached hydrogens (tertiary/aromatic N) is 2.